The number of hydrogen-bond acceptors (Lipinski definition) is 3. The van der Waals surface area contributed by atoms with E-state index in [0.29, 0.717) is 0 Å². The van der Waals surface area contributed by atoms with Crippen LogP contribution < -0.4 is 10.1 Å². The lowest BCUT2D eigenvalue weighted by Gasteiger charge is -2.13. The van der Waals surface area contributed by atoms with Crippen LogP contribution in [-0.4, -0.2) is 24.4 Å². The number of aryl methyl sites for hydroxylation is 1. The number of alkyl halides is 3. The highest BCUT2D eigenvalue weighted by Crippen LogP contribution is 2.27. The summed E-state index contributed by atoms with van der Waals surface area (Å²) in [6.07, 6.45) is -4.43. The van der Waals surface area contributed by atoms with E-state index >= 15 is 0 Å². The van der Waals surface area contributed by atoms with Crippen LogP contribution in [0.5, 0.6) is 5.75 Å². The molecule has 0 bridgehead atoms. The van der Waals surface area contributed by atoms with Crippen molar-refractivity contribution in [3.05, 3.63) is 54.1 Å². The second-order valence-corrected chi connectivity index (χ2v) is 6.02. The summed E-state index contributed by atoms with van der Waals surface area (Å²) in [7, 11) is 0. The van der Waals surface area contributed by atoms with Crippen LogP contribution in [0.25, 0.3) is 0 Å². The summed E-state index contributed by atoms with van der Waals surface area (Å²) in [6.45, 7) is 0.540. The minimum Gasteiger partial charge on any atom is -0.482 e. The molecule has 0 saturated carbocycles. The van der Waals surface area contributed by atoms with Crippen LogP contribution in [0, 0.1) is 6.92 Å². The van der Waals surface area contributed by atoms with Crippen molar-refractivity contribution in [2.24, 2.45) is 0 Å². The van der Waals surface area contributed by atoms with Gasteiger partial charge in [0.25, 0.3) is 0 Å². The van der Waals surface area contributed by atoms with Crippen LogP contribution >= 0.6 is 11.8 Å². The molecule has 2 aromatic rings. The van der Waals surface area contributed by atoms with Gasteiger partial charge in [-0.3, -0.25) is 4.79 Å². The fourth-order valence-electron chi connectivity index (χ4n) is 1.90. The first-order chi connectivity index (χ1) is 11.3. The monoisotopic (exact) mass is 355 g/mol. The van der Waals surface area contributed by atoms with E-state index in [4.69, 9.17) is 4.74 Å². The van der Waals surface area contributed by atoms with Crippen molar-refractivity contribution in [2.45, 2.75) is 18.0 Å². The lowest BCUT2D eigenvalue weighted by atomic mass is 10.2. The molecule has 3 nitrogen and oxygen atoms in total. The molecule has 0 aliphatic carbocycles. The van der Waals surface area contributed by atoms with E-state index < -0.39 is 12.8 Å². The summed E-state index contributed by atoms with van der Waals surface area (Å²) in [5.74, 6) is -0.172. The Morgan fingerprint density at radius 1 is 1.12 bits per heavy atom. The van der Waals surface area contributed by atoms with Gasteiger partial charge < -0.3 is 10.1 Å². The van der Waals surface area contributed by atoms with Gasteiger partial charge in [-0.05, 0) is 30.7 Å². The Balaban J connectivity index is 1.95. The van der Waals surface area contributed by atoms with Crippen LogP contribution in [0.3, 0.4) is 0 Å². The normalized spacial score (nSPS) is 11.2. The Kier molecular flexibility index (Phi) is 6.14. The van der Waals surface area contributed by atoms with E-state index in [1.165, 1.54) is 23.9 Å². The topological polar surface area (TPSA) is 38.3 Å². The van der Waals surface area contributed by atoms with Crippen LogP contribution in [-0.2, 0) is 4.79 Å². The molecule has 0 unspecified atom stereocenters. The van der Waals surface area contributed by atoms with Gasteiger partial charge >= 0.3 is 6.18 Å². The first-order valence-electron chi connectivity index (χ1n) is 7.12. The first kappa shape index (κ1) is 18.2. The molecule has 0 saturated heterocycles. The zero-order valence-corrected chi connectivity index (χ0v) is 13.7. The van der Waals surface area contributed by atoms with Crippen molar-refractivity contribution in [1.82, 2.24) is 0 Å². The van der Waals surface area contributed by atoms with Crippen molar-refractivity contribution in [2.75, 3.05) is 17.7 Å². The number of anilines is 1. The molecule has 2 rings (SSSR count). The standard InChI is InChI=1S/C17H16F3NO2S/c1-12-6-2-5-9-15(12)24-10-16(22)21-13-7-3-4-8-14(13)23-11-17(18,19)20/h2-9H,10-11H2,1H3,(H,21,22). The van der Waals surface area contributed by atoms with Gasteiger partial charge in [-0.2, -0.15) is 13.2 Å². The maximum Gasteiger partial charge on any atom is 0.422 e. The first-order valence-corrected chi connectivity index (χ1v) is 8.10. The van der Waals surface area contributed by atoms with Gasteiger partial charge in [0.1, 0.15) is 5.75 Å². The number of para-hydroxylation sites is 2. The minimum absolute atomic E-state index is 0.0101. The third-order valence-corrected chi connectivity index (χ3v) is 4.18. The third kappa shape index (κ3) is 5.81. The Hall–Kier alpha value is -2.15. The highest BCUT2D eigenvalue weighted by molar-refractivity contribution is 8.00. The summed E-state index contributed by atoms with van der Waals surface area (Å²) >= 11 is 1.37. The predicted molar refractivity (Wildman–Crippen MR) is 88.5 cm³/mol. The molecule has 0 atom stereocenters. The number of rotatable bonds is 6. The molecule has 1 N–H and O–H groups in total. The molecule has 24 heavy (non-hydrogen) atoms. The van der Waals surface area contributed by atoms with Gasteiger partial charge in [-0.1, -0.05) is 30.3 Å². The van der Waals surface area contributed by atoms with Crippen LogP contribution in [0.1, 0.15) is 5.56 Å². The summed E-state index contributed by atoms with van der Waals surface area (Å²) < 4.78 is 41.5. The molecule has 7 heteroatoms. The lowest BCUT2D eigenvalue weighted by Crippen LogP contribution is -2.20. The highest BCUT2D eigenvalue weighted by Gasteiger charge is 2.28. The summed E-state index contributed by atoms with van der Waals surface area (Å²) in [5, 5.41) is 2.58. The van der Waals surface area contributed by atoms with Gasteiger partial charge in [0.05, 0.1) is 11.4 Å². The second-order valence-electron chi connectivity index (χ2n) is 5.00. The van der Waals surface area contributed by atoms with Gasteiger partial charge in [0.2, 0.25) is 5.91 Å². The van der Waals surface area contributed by atoms with Crippen LogP contribution in [0.4, 0.5) is 18.9 Å². The zero-order chi connectivity index (χ0) is 17.6. The van der Waals surface area contributed by atoms with E-state index in [2.05, 4.69) is 5.32 Å². The quantitative estimate of drug-likeness (QED) is 0.766. The molecule has 0 aliphatic heterocycles. The number of carbonyl (C=O) groups excluding carboxylic acids is 1. The second kappa shape index (κ2) is 8.10. The Morgan fingerprint density at radius 3 is 2.50 bits per heavy atom. The molecule has 0 radical (unpaired) electrons. The number of nitrogens with one attached hydrogen (secondary N) is 1. The number of benzene rings is 2. The number of ether oxygens (including phenoxy) is 1. The average molecular weight is 355 g/mol. The molecule has 1 amide bonds. The molecule has 0 fully saturated rings. The molecule has 0 aliphatic rings. The van der Waals surface area contributed by atoms with E-state index in [1.807, 2.05) is 31.2 Å². The summed E-state index contributed by atoms with van der Waals surface area (Å²) in [4.78, 5) is 13.0. The fourth-order valence-corrected chi connectivity index (χ4v) is 2.73. The van der Waals surface area contributed by atoms with Crippen molar-refractivity contribution in [3.8, 4) is 5.75 Å². The SMILES string of the molecule is Cc1ccccc1SCC(=O)Nc1ccccc1OCC(F)(F)F. The number of amides is 1. The number of hydrogen-bond donors (Lipinski definition) is 1. The number of halogens is 3. The maximum absolute atomic E-state index is 12.3. The van der Waals surface area contributed by atoms with Crippen molar-refractivity contribution in [1.29, 1.82) is 0 Å². The van der Waals surface area contributed by atoms with Gasteiger partial charge in [-0.15, -0.1) is 11.8 Å². The fraction of sp³-hybridized carbons (Fsp3) is 0.235. The lowest BCUT2D eigenvalue weighted by molar-refractivity contribution is -0.153. The molecule has 128 valence electrons. The van der Waals surface area contributed by atoms with E-state index in [1.54, 1.807) is 12.1 Å². The van der Waals surface area contributed by atoms with Crippen LogP contribution in [0.15, 0.2) is 53.4 Å². The molecular formula is C17H16F3NO2S. The maximum atomic E-state index is 12.3. The smallest absolute Gasteiger partial charge is 0.422 e. The van der Waals surface area contributed by atoms with Crippen molar-refractivity contribution >= 4 is 23.4 Å². The highest BCUT2D eigenvalue weighted by atomic mass is 32.2. The van der Waals surface area contributed by atoms with E-state index in [0.717, 1.165) is 10.5 Å². The molecule has 2 aromatic carbocycles. The molecule has 0 heterocycles. The van der Waals surface area contributed by atoms with E-state index in [-0.39, 0.29) is 23.1 Å². The summed E-state index contributed by atoms with van der Waals surface area (Å²) in [5.41, 5.74) is 1.28. The molecule has 0 aromatic heterocycles. The Bertz CT molecular complexity index is 704. The van der Waals surface area contributed by atoms with Crippen molar-refractivity contribution in [3.63, 3.8) is 0 Å². The van der Waals surface area contributed by atoms with Gasteiger partial charge in [0, 0.05) is 4.90 Å². The zero-order valence-electron chi connectivity index (χ0n) is 12.9. The molecular weight excluding hydrogens is 339 g/mol. The number of thioether (sulfide) groups is 1. The predicted octanol–water partition coefficient (Wildman–Crippen LogP) is 4.67. The Morgan fingerprint density at radius 2 is 1.79 bits per heavy atom. The summed E-state index contributed by atoms with van der Waals surface area (Å²) in [6, 6.07) is 13.7. The average Bonchev–Trinajstić information content (AvgIpc) is 2.52. The van der Waals surface area contributed by atoms with Crippen LogP contribution in [0.2, 0.25) is 0 Å². The third-order valence-electron chi connectivity index (χ3n) is 3.00. The van der Waals surface area contributed by atoms with Gasteiger partial charge in [-0.25, -0.2) is 0 Å². The van der Waals surface area contributed by atoms with Gasteiger partial charge in [0.15, 0.2) is 6.61 Å². The number of carbonyl (C=O) groups is 1. The Labute approximate surface area is 142 Å². The largest absolute Gasteiger partial charge is 0.482 e. The van der Waals surface area contributed by atoms with Crippen molar-refractivity contribution < 1.29 is 22.7 Å². The molecule has 0 spiro atoms. The van der Waals surface area contributed by atoms with E-state index in [9.17, 15) is 18.0 Å². The minimum atomic E-state index is -4.43.